The minimum absolute atomic E-state index is 0.0371. The van der Waals surface area contributed by atoms with Crippen molar-refractivity contribution in [3.8, 4) is 0 Å². The number of hydrogen-bond donors (Lipinski definition) is 3. The molecule has 22 heavy (non-hydrogen) atoms. The van der Waals surface area contributed by atoms with Gasteiger partial charge in [0, 0.05) is 25.9 Å². The summed E-state index contributed by atoms with van der Waals surface area (Å²) in [5.41, 5.74) is 1.01. The van der Waals surface area contributed by atoms with Crippen molar-refractivity contribution in [2.24, 2.45) is 5.92 Å². The van der Waals surface area contributed by atoms with E-state index >= 15 is 0 Å². The van der Waals surface area contributed by atoms with Gasteiger partial charge in [0.25, 0.3) is 0 Å². The normalized spacial score (nSPS) is 18.5. The fourth-order valence-electron chi connectivity index (χ4n) is 2.88. The molecule has 0 saturated carbocycles. The number of carbonyl (C=O) groups excluding carboxylic acids is 1. The highest BCUT2D eigenvalue weighted by atomic mass is 16.5. The van der Waals surface area contributed by atoms with E-state index in [4.69, 9.17) is 4.74 Å². The maximum absolute atomic E-state index is 12.2. The Hall–Kier alpha value is -1.59. The van der Waals surface area contributed by atoms with Crippen LogP contribution in [0.25, 0.3) is 0 Å². The van der Waals surface area contributed by atoms with Crippen molar-refractivity contribution in [3.63, 3.8) is 0 Å². The summed E-state index contributed by atoms with van der Waals surface area (Å²) in [6, 6.07) is 9.50. The number of hydrogen-bond acceptors (Lipinski definition) is 3. The molecule has 1 aliphatic rings. The van der Waals surface area contributed by atoms with Crippen molar-refractivity contribution < 1.29 is 14.6 Å². The predicted molar refractivity (Wildman–Crippen MR) is 85.6 cm³/mol. The Morgan fingerprint density at radius 3 is 2.59 bits per heavy atom. The first-order valence-electron chi connectivity index (χ1n) is 8.01. The molecule has 3 N–H and O–H groups in total. The molecule has 1 saturated heterocycles. The predicted octanol–water partition coefficient (Wildman–Crippen LogP) is 2.22. The van der Waals surface area contributed by atoms with Crippen LogP contribution in [0.1, 0.15) is 37.8 Å². The first kappa shape index (κ1) is 16.8. The highest BCUT2D eigenvalue weighted by Gasteiger charge is 2.23. The summed E-state index contributed by atoms with van der Waals surface area (Å²) >= 11 is 0. The lowest BCUT2D eigenvalue weighted by Crippen LogP contribution is -2.46. The van der Waals surface area contributed by atoms with Crippen LogP contribution in [0.4, 0.5) is 4.79 Å². The molecule has 1 heterocycles. The summed E-state index contributed by atoms with van der Waals surface area (Å²) in [6.07, 6.45) is 2.48. The van der Waals surface area contributed by atoms with Crippen LogP contribution in [0.15, 0.2) is 30.3 Å². The average Bonchev–Trinajstić information content (AvgIpc) is 2.56. The van der Waals surface area contributed by atoms with Gasteiger partial charge in [-0.05, 0) is 37.7 Å². The van der Waals surface area contributed by atoms with E-state index in [1.807, 2.05) is 37.3 Å². The van der Waals surface area contributed by atoms with E-state index in [0.29, 0.717) is 12.3 Å². The highest BCUT2D eigenvalue weighted by Crippen LogP contribution is 2.19. The average molecular weight is 306 g/mol. The molecule has 1 unspecified atom stereocenters. The molecule has 5 nitrogen and oxygen atoms in total. The fourth-order valence-corrected chi connectivity index (χ4v) is 2.88. The summed E-state index contributed by atoms with van der Waals surface area (Å²) in [7, 11) is 0. The number of aliphatic hydroxyl groups excluding tert-OH is 1. The molecule has 1 aromatic carbocycles. The van der Waals surface area contributed by atoms with Gasteiger partial charge in [-0.15, -0.1) is 0 Å². The molecule has 122 valence electrons. The quantitative estimate of drug-likeness (QED) is 0.755. The van der Waals surface area contributed by atoms with Gasteiger partial charge in [-0.2, -0.15) is 0 Å². The third kappa shape index (κ3) is 5.00. The van der Waals surface area contributed by atoms with Crippen molar-refractivity contribution in [1.29, 1.82) is 0 Å². The van der Waals surface area contributed by atoms with Crippen molar-refractivity contribution in [1.82, 2.24) is 10.6 Å². The van der Waals surface area contributed by atoms with E-state index in [1.54, 1.807) is 0 Å². The van der Waals surface area contributed by atoms with Crippen LogP contribution in [0.3, 0.4) is 0 Å². The second kappa shape index (κ2) is 8.76. The second-order valence-corrected chi connectivity index (χ2v) is 5.83. The molecule has 2 rings (SSSR count). The van der Waals surface area contributed by atoms with Gasteiger partial charge in [-0.25, -0.2) is 4.79 Å². The third-order valence-electron chi connectivity index (χ3n) is 4.26. The molecule has 0 radical (unpaired) electrons. The Kier molecular flexibility index (Phi) is 6.68. The van der Waals surface area contributed by atoms with Crippen molar-refractivity contribution in [2.75, 3.05) is 19.8 Å². The van der Waals surface area contributed by atoms with Crippen LogP contribution >= 0.6 is 0 Å². The molecule has 2 atom stereocenters. The van der Waals surface area contributed by atoms with E-state index in [1.165, 1.54) is 0 Å². The lowest BCUT2D eigenvalue weighted by atomic mass is 9.93. The molecular formula is C17H26N2O3. The van der Waals surface area contributed by atoms with E-state index in [2.05, 4.69) is 10.6 Å². The number of amides is 2. The topological polar surface area (TPSA) is 70.6 Å². The first-order chi connectivity index (χ1) is 10.7. The van der Waals surface area contributed by atoms with Crippen molar-refractivity contribution in [3.05, 3.63) is 35.9 Å². The van der Waals surface area contributed by atoms with Crippen LogP contribution in [-0.2, 0) is 4.74 Å². The molecule has 1 aromatic rings. The Bertz CT molecular complexity index is 446. The minimum Gasteiger partial charge on any atom is -0.396 e. The SMILES string of the molecule is CC(NC(=O)N[C@H](CCO)c1ccccc1)C1CCOCC1. The summed E-state index contributed by atoms with van der Waals surface area (Å²) in [4.78, 5) is 12.2. The Morgan fingerprint density at radius 2 is 1.95 bits per heavy atom. The maximum Gasteiger partial charge on any atom is 0.315 e. The van der Waals surface area contributed by atoms with Gasteiger partial charge < -0.3 is 20.5 Å². The van der Waals surface area contributed by atoms with E-state index in [9.17, 15) is 9.90 Å². The summed E-state index contributed by atoms with van der Waals surface area (Å²) in [6.45, 7) is 3.62. The Balaban J connectivity index is 1.87. The largest absolute Gasteiger partial charge is 0.396 e. The zero-order valence-electron chi connectivity index (χ0n) is 13.1. The zero-order valence-corrected chi connectivity index (χ0v) is 13.1. The lowest BCUT2D eigenvalue weighted by molar-refractivity contribution is 0.0570. The van der Waals surface area contributed by atoms with Crippen LogP contribution in [0.5, 0.6) is 0 Å². The molecule has 5 heteroatoms. The number of rotatable bonds is 6. The van der Waals surface area contributed by atoms with Gasteiger partial charge in [-0.3, -0.25) is 0 Å². The van der Waals surface area contributed by atoms with Gasteiger partial charge in [0.1, 0.15) is 0 Å². The molecule has 0 spiro atoms. The van der Waals surface area contributed by atoms with Crippen LogP contribution in [-0.4, -0.2) is 37.0 Å². The molecule has 0 aromatic heterocycles. The fraction of sp³-hybridized carbons (Fsp3) is 0.588. The monoisotopic (exact) mass is 306 g/mol. The van der Waals surface area contributed by atoms with E-state index in [0.717, 1.165) is 31.6 Å². The van der Waals surface area contributed by atoms with E-state index < -0.39 is 0 Å². The molecule has 1 aliphatic heterocycles. The highest BCUT2D eigenvalue weighted by molar-refractivity contribution is 5.74. The number of carbonyl (C=O) groups is 1. The van der Waals surface area contributed by atoms with Crippen molar-refractivity contribution >= 4 is 6.03 Å². The summed E-state index contributed by atoms with van der Waals surface area (Å²) in [5, 5.41) is 15.2. The first-order valence-corrected chi connectivity index (χ1v) is 8.01. The molecule has 2 amide bonds. The van der Waals surface area contributed by atoms with Gasteiger partial charge in [0.2, 0.25) is 0 Å². The van der Waals surface area contributed by atoms with E-state index in [-0.39, 0.29) is 24.7 Å². The summed E-state index contributed by atoms with van der Waals surface area (Å²) in [5.74, 6) is 0.465. The number of aliphatic hydroxyl groups is 1. The zero-order chi connectivity index (χ0) is 15.8. The molecule has 1 fully saturated rings. The van der Waals surface area contributed by atoms with Crippen LogP contribution < -0.4 is 10.6 Å². The van der Waals surface area contributed by atoms with Crippen molar-refractivity contribution in [2.45, 2.75) is 38.3 Å². The molecule has 0 bridgehead atoms. The Morgan fingerprint density at radius 1 is 1.27 bits per heavy atom. The maximum atomic E-state index is 12.2. The number of ether oxygens (including phenoxy) is 1. The lowest BCUT2D eigenvalue weighted by Gasteiger charge is -2.29. The van der Waals surface area contributed by atoms with Crippen LogP contribution in [0, 0.1) is 5.92 Å². The van der Waals surface area contributed by atoms with Crippen LogP contribution in [0.2, 0.25) is 0 Å². The number of urea groups is 1. The van der Waals surface area contributed by atoms with Gasteiger partial charge in [-0.1, -0.05) is 30.3 Å². The molecule has 0 aliphatic carbocycles. The van der Waals surface area contributed by atoms with Gasteiger partial charge >= 0.3 is 6.03 Å². The Labute approximate surface area is 132 Å². The standard InChI is InChI=1S/C17H26N2O3/c1-13(14-8-11-22-12-9-14)18-17(21)19-16(7-10-20)15-5-3-2-4-6-15/h2-6,13-14,16,20H,7-12H2,1H3,(H2,18,19,21)/t13?,16-/m1/s1. The van der Waals surface area contributed by atoms with Gasteiger partial charge in [0.15, 0.2) is 0 Å². The number of nitrogens with one attached hydrogen (secondary N) is 2. The minimum atomic E-state index is -0.179. The summed E-state index contributed by atoms with van der Waals surface area (Å²) < 4.78 is 5.35. The third-order valence-corrected chi connectivity index (χ3v) is 4.26. The second-order valence-electron chi connectivity index (χ2n) is 5.83. The smallest absolute Gasteiger partial charge is 0.315 e. The number of benzene rings is 1. The van der Waals surface area contributed by atoms with Gasteiger partial charge in [0.05, 0.1) is 6.04 Å². The molecular weight excluding hydrogens is 280 g/mol.